The fourth-order valence-electron chi connectivity index (χ4n) is 2.47. The van der Waals surface area contributed by atoms with E-state index in [1.807, 2.05) is 0 Å². The Morgan fingerprint density at radius 2 is 1.90 bits per heavy atom. The predicted molar refractivity (Wildman–Crippen MR) is 85.1 cm³/mol. The Kier molecular flexibility index (Phi) is 4.83. The van der Waals surface area contributed by atoms with Crippen LogP contribution in [0.25, 0.3) is 0 Å². The van der Waals surface area contributed by atoms with Crippen LogP contribution in [0.5, 0.6) is 0 Å². The summed E-state index contributed by atoms with van der Waals surface area (Å²) in [5.41, 5.74) is 4.92. The van der Waals surface area contributed by atoms with Gasteiger partial charge in [0, 0.05) is 11.9 Å². The van der Waals surface area contributed by atoms with Crippen molar-refractivity contribution >= 4 is 5.69 Å². The van der Waals surface area contributed by atoms with Gasteiger partial charge in [-0.3, -0.25) is 4.68 Å². The van der Waals surface area contributed by atoms with Crippen molar-refractivity contribution in [3.05, 3.63) is 47.3 Å². The minimum absolute atomic E-state index is 0.518. The Balaban J connectivity index is 2.03. The van der Waals surface area contributed by atoms with Crippen LogP contribution in [0.15, 0.2) is 30.5 Å². The number of rotatable bonds is 6. The summed E-state index contributed by atoms with van der Waals surface area (Å²) in [6, 6.07) is 8.98. The van der Waals surface area contributed by atoms with E-state index < -0.39 is 0 Å². The molecule has 0 fully saturated rings. The lowest BCUT2D eigenvalue weighted by molar-refractivity contribution is 0.426. The fraction of sp³-hybridized carbons (Fsp3) is 0.471. The molecule has 1 aromatic carbocycles. The Labute approximate surface area is 122 Å². The van der Waals surface area contributed by atoms with E-state index in [0.717, 1.165) is 25.1 Å². The first-order valence-electron chi connectivity index (χ1n) is 7.49. The van der Waals surface area contributed by atoms with Crippen LogP contribution < -0.4 is 5.32 Å². The van der Waals surface area contributed by atoms with Crippen LogP contribution in [0.2, 0.25) is 0 Å². The molecule has 0 aliphatic carbocycles. The Bertz CT molecular complexity index is 553. The first-order valence-corrected chi connectivity index (χ1v) is 7.49. The van der Waals surface area contributed by atoms with Gasteiger partial charge in [-0.15, -0.1) is 0 Å². The number of hydrogen-bond acceptors (Lipinski definition) is 2. The van der Waals surface area contributed by atoms with Crippen molar-refractivity contribution in [3.8, 4) is 0 Å². The van der Waals surface area contributed by atoms with Gasteiger partial charge >= 0.3 is 0 Å². The summed E-state index contributed by atoms with van der Waals surface area (Å²) in [4.78, 5) is 0. The highest BCUT2D eigenvalue weighted by Crippen LogP contribution is 2.19. The number of nitrogens with one attached hydrogen (secondary N) is 1. The molecule has 0 aliphatic heterocycles. The molecule has 0 unspecified atom stereocenters. The summed E-state index contributed by atoms with van der Waals surface area (Å²) in [7, 11) is 0. The molecule has 0 saturated carbocycles. The van der Waals surface area contributed by atoms with Gasteiger partial charge in [0.05, 0.1) is 18.3 Å². The predicted octanol–water partition coefficient (Wildman–Crippen LogP) is 4.47. The van der Waals surface area contributed by atoms with Crippen molar-refractivity contribution in [2.45, 2.75) is 53.1 Å². The SMILES string of the molecule is CCC(CC)n1ccc(CNc2cccc(C)c2C)n1. The highest BCUT2D eigenvalue weighted by atomic mass is 15.3. The summed E-state index contributed by atoms with van der Waals surface area (Å²) < 4.78 is 2.10. The fourth-order valence-corrected chi connectivity index (χ4v) is 2.47. The van der Waals surface area contributed by atoms with Crippen LogP contribution in [0.1, 0.15) is 49.6 Å². The highest BCUT2D eigenvalue weighted by molar-refractivity contribution is 5.53. The van der Waals surface area contributed by atoms with Crippen molar-refractivity contribution in [1.29, 1.82) is 0 Å². The van der Waals surface area contributed by atoms with Crippen LogP contribution >= 0.6 is 0 Å². The van der Waals surface area contributed by atoms with Gasteiger partial charge in [-0.1, -0.05) is 26.0 Å². The largest absolute Gasteiger partial charge is 0.379 e. The maximum atomic E-state index is 4.67. The lowest BCUT2D eigenvalue weighted by atomic mass is 10.1. The monoisotopic (exact) mass is 271 g/mol. The Morgan fingerprint density at radius 3 is 2.60 bits per heavy atom. The first kappa shape index (κ1) is 14.6. The number of nitrogens with zero attached hydrogens (tertiary/aromatic N) is 2. The van der Waals surface area contributed by atoms with Crippen molar-refractivity contribution in [2.75, 3.05) is 5.32 Å². The van der Waals surface area contributed by atoms with Gasteiger partial charge in [0.25, 0.3) is 0 Å². The topological polar surface area (TPSA) is 29.9 Å². The number of hydrogen-bond donors (Lipinski definition) is 1. The van der Waals surface area contributed by atoms with Gasteiger partial charge in [0.15, 0.2) is 0 Å². The van der Waals surface area contributed by atoms with E-state index in [1.165, 1.54) is 16.8 Å². The third-order valence-corrected chi connectivity index (χ3v) is 4.04. The molecule has 0 radical (unpaired) electrons. The van der Waals surface area contributed by atoms with Crippen LogP contribution in [0.3, 0.4) is 0 Å². The molecule has 0 aliphatic rings. The third kappa shape index (κ3) is 3.21. The molecule has 0 spiro atoms. The standard InChI is InChI=1S/C17H25N3/c1-5-16(6-2)20-11-10-15(19-20)12-18-17-9-7-8-13(3)14(17)4/h7-11,16,18H,5-6,12H2,1-4H3. The molecule has 108 valence electrons. The summed E-state index contributed by atoms with van der Waals surface area (Å²) >= 11 is 0. The maximum Gasteiger partial charge on any atom is 0.0815 e. The third-order valence-electron chi connectivity index (χ3n) is 4.04. The average Bonchev–Trinajstić information content (AvgIpc) is 2.91. The minimum atomic E-state index is 0.518. The molecule has 20 heavy (non-hydrogen) atoms. The second-order valence-corrected chi connectivity index (χ2v) is 5.36. The Morgan fingerprint density at radius 1 is 1.15 bits per heavy atom. The van der Waals surface area contributed by atoms with Gasteiger partial charge in [-0.05, 0) is 49.9 Å². The summed E-state index contributed by atoms with van der Waals surface area (Å²) in [6.07, 6.45) is 4.35. The highest BCUT2D eigenvalue weighted by Gasteiger charge is 2.08. The molecule has 1 aromatic heterocycles. The van der Waals surface area contributed by atoms with E-state index >= 15 is 0 Å². The zero-order chi connectivity index (χ0) is 14.5. The van der Waals surface area contributed by atoms with Crippen LogP contribution in [-0.4, -0.2) is 9.78 Å². The van der Waals surface area contributed by atoms with Crippen molar-refractivity contribution in [2.24, 2.45) is 0 Å². The average molecular weight is 271 g/mol. The lowest BCUT2D eigenvalue weighted by Crippen LogP contribution is -2.09. The normalized spacial score (nSPS) is 11.1. The van der Waals surface area contributed by atoms with E-state index in [0.29, 0.717) is 6.04 Å². The van der Waals surface area contributed by atoms with E-state index in [9.17, 15) is 0 Å². The number of aromatic nitrogens is 2. The summed E-state index contributed by atoms with van der Waals surface area (Å²) in [5, 5.41) is 8.16. The maximum absolute atomic E-state index is 4.67. The van der Waals surface area contributed by atoms with Crippen molar-refractivity contribution in [3.63, 3.8) is 0 Å². The Hall–Kier alpha value is -1.77. The molecule has 3 heteroatoms. The van der Waals surface area contributed by atoms with Gasteiger partial charge < -0.3 is 5.32 Å². The second kappa shape index (κ2) is 6.60. The molecular weight excluding hydrogens is 246 g/mol. The zero-order valence-corrected chi connectivity index (χ0v) is 13.0. The van der Waals surface area contributed by atoms with E-state index in [4.69, 9.17) is 0 Å². The second-order valence-electron chi connectivity index (χ2n) is 5.36. The van der Waals surface area contributed by atoms with E-state index in [1.54, 1.807) is 0 Å². The lowest BCUT2D eigenvalue weighted by Gasteiger charge is -2.13. The van der Waals surface area contributed by atoms with Crippen LogP contribution in [0, 0.1) is 13.8 Å². The smallest absolute Gasteiger partial charge is 0.0815 e. The molecule has 3 nitrogen and oxygen atoms in total. The van der Waals surface area contributed by atoms with Crippen molar-refractivity contribution < 1.29 is 0 Å². The van der Waals surface area contributed by atoms with Crippen LogP contribution in [-0.2, 0) is 6.54 Å². The molecular formula is C17H25N3. The van der Waals surface area contributed by atoms with E-state index in [2.05, 4.69) is 73.3 Å². The zero-order valence-electron chi connectivity index (χ0n) is 13.0. The number of benzene rings is 1. The van der Waals surface area contributed by atoms with Gasteiger partial charge in [-0.2, -0.15) is 5.10 Å². The first-order chi connectivity index (χ1) is 9.65. The number of aryl methyl sites for hydroxylation is 1. The van der Waals surface area contributed by atoms with Gasteiger partial charge in [-0.25, -0.2) is 0 Å². The molecule has 0 atom stereocenters. The number of anilines is 1. The summed E-state index contributed by atoms with van der Waals surface area (Å²) in [6.45, 7) is 9.49. The molecule has 0 saturated heterocycles. The van der Waals surface area contributed by atoms with Gasteiger partial charge in [0.1, 0.15) is 0 Å². The minimum Gasteiger partial charge on any atom is -0.379 e. The summed E-state index contributed by atoms with van der Waals surface area (Å²) in [5.74, 6) is 0. The molecule has 1 heterocycles. The molecule has 2 aromatic rings. The van der Waals surface area contributed by atoms with Gasteiger partial charge in [0.2, 0.25) is 0 Å². The molecule has 1 N–H and O–H groups in total. The van der Waals surface area contributed by atoms with E-state index in [-0.39, 0.29) is 0 Å². The van der Waals surface area contributed by atoms with Crippen LogP contribution in [0.4, 0.5) is 5.69 Å². The molecule has 2 rings (SSSR count). The molecule has 0 amide bonds. The molecule has 0 bridgehead atoms. The quantitative estimate of drug-likeness (QED) is 0.840. The van der Waals surface area contributed by atoms with Crippen molar-refractivity contribution in [1.82, 2.24) is 9.78 Å².